The molecule has 0 unspecified atom stereocenters. The van der Waals surface area contributed by atoms with E-state index in [2.05, 4.69) is 15.4 Å². The third kappa shape index (κ3) is 5.76. The third-order valence-electron chi connectivity index (χ3n) is 2.47. The van der Waals surface area contributed by atoms with E-state index in [9.17, 15) is 9.59 Å². The summed E-state index contributed by atoms with van der Waals surface area (Å²) in [6.45, 7) is 0.420. The van der Waals surface area contributed by atoms with Crippen LogP contribution in [0.15, 0.2) is 24.3 Å². The number of alkyl carbamates (subject to hydrolysis) is 1. The van der Waals surface area contributed by atoms with Crippen molar-refractivity contribution in [1.29, 1.82) is 0 Å². The molecule has 0 heterocycles. The van der Waals surface area contributed by atoms with E-state index in [1.807, 2.05) is 24.3 Å². The largest absolute Gasteiger partial charge is 0.497 e. The summed E-state index contributed by atoms with van der Waals surface area (Å²) in [6, 6.07) is 7.63. The summed E-state index contributed by atoms with van der Waals surface area (Å²) in [7, 11) is 2.86. The van der Waals surface area contributed by atoms with Crippen molar-refractivity contribution in [2.24, 2.45) is 0 Å². The summed E-state index contributed by atoms with van der Waals surface area (Å²) in [5, 5.41) is 5.00. The van der Waals surface area contributed by atoms with Crippen LogP contribution in [-0.2, 0) is 16.0 Å². The van der Waals surface area contributed by atoms with E-state index < -0.39 is 6.09 Å². The first kappa shape index (κ1) is 14.8. The molecule has 0 bridgehead atoms. The fourth-order valence-corrected chi connectivity index (χ4v) is 1.43. The minimum absolute atomic E-state index is 0.0880. The van der Waals surface area contributed by atoms with Gasteiger partial charge < -0.3 is 20.1 Å². The normalized spacial score (nSPS) is 9.58. The summed E-state index contributed by atoms with van der Waals surface area (Å²) in [6.07, 6.45) is 0.0961. The fourth-order valence-electron chi connectivity index (χ4n) is 1.43. The molecule has 0 spiro atoms. The first-order valence-corrected chi connectivity index (χ1v) is 5.87. The minimum Gasteiger partial charge on any atom is -0.497 e. The van der Waals surface area contributed by atoms with Crippen LogP contribution in [0.3, 0.4) is 0 Å². The molecular weight excluding hydrogens is 248 g/mol. The Kier molecular flexibility index (Phi) is 6.21. The van der Waals surface area contributed by atoms with Gasteiger partial charge in [-0.1, -0.05) is 12.1 Å². The van der Waals surface area contributed by atoms with Gasteiger partial charge in [0.05, 0.1) is 20.8 Å². The van der Waals surface area contributed by atoms with Crippen LogP contribution in [0, 0.1) is 0 Å². The number of hydrogen-bond donors (Lipinski definition) is 2. The Hall–Kier alpha value is -2.24. The molecule has 0 fully saturated rings. The highest BCUT2D eigenvalue weighted by Crippen LogP contribution is 2.11. The number of carbonyl (C=O) groups is 2. The van der Waals surface area contributed by atoms with Crippen molar-refractivity contribution in [3.63, 3.8) is 0 Å². The Morgan fingerprint density at radius 2 is 1.79 bits per heavy atom. The molecule has 1 aromatic carbocycles. The minimum atomic E-state index is -0.620. The molecule has 0 atom stereocenters. The molecule has 104 valence electrons. The second-order valence-corrected chi connectivity index (χ2v) is 3.79. The average Bonchev–Trinajstić information content (AvgIpc) is 2.45. The zero-order valence-electron chi connectivity index (χ0n) is 11.1. The number of amides is 2. The maximum Gasteiger partial charge on any atom is 0.407 e. The molecule has 0 aliphatic rings. The maximum absolute atomic E-state index is 11.4. The Morgan fingerprint density at radius 1 is 1.11 bits per heavy atom. The molecule has 2 N–H and O–H groups in total. The first-order chi connectivity index (χ1) is 9.15. The monoisotopic (exact) mass is 266 g/mol. The molecule has 0 aromatic heterocycles. The van der Waals surface area contributed by atoms with Crippen molar-refractivity contribution in [3.05, 3.63) is 29.8 Å². The van der Waals surface area contributed by atoms with Gasteiger partial charge in [-0.15, -0.1) is 0 Å². The van der Waals surface area contributed by atoms with Crippen LogP contribution < -0.4 is 15.4 Å². The zero-order chi connectivity index (χ0) is 14.1. The molecule has 1 rings (SSSR count). The molecule has 0 saturated carbocycles. The highest BCUT2D eigenvalue weighted by atomic mass is 16.5. The van der Waals surface area contributed by atoms with Crippen LogP contribution >= 0.6 is 0 Å². The average molecular weight is 266 g/mol. The van der Waals surface area contributed by atoms with Crippen LogP contribution in [0.25, 0.3) is 0 Å². The van der Waals surface area contributed by atoms with Gasteiger partial charge in [0.15, 0.2) is 0 Å². The molecule has 0 aliphatic heterocycles. The van der Waals surface area contributed by atoms with Crippen LogP contribution in [-0.4, -0.2) is 39.3 Å². The van der Waals surface area contributed by atoms with Crippen LogP contribution in [0.5, 0.6) is 5.75 Å². The Morgan fingerprint density at radius 3 is 2.37 bits per heavy atom. The number of benzene rings is 1. The third-order valence-corrected chi connectivity index (χ3v) is 2.47. The van der Waals surface area contributed by atoms with E-state index in [-0.39, 0.29) is 12.5 Å². The number of rotatable bonds is 6. The second-order valence-electron chi connectivity index (χ2n) is 3.79. The van der Waals surface area contributed by atoms with Gasteiger partial charge in [-0.05, 0) is 24.1 Å². The molecule has 0 aliphatic carbocycles. The number of ether oxygens (including phenoxy) is 2. The van der Waals surface area contributed by atoms with Crippen molar-refractivity contribution in [2.75, 3.05) is 27.3 Å². The number of carbonyl (C=O) groups excluding carboxylic acids is 2. The molecule has 0 radical (unpaired) electrons. The van der Waals surface area contributed by atoms with Gasteiger partial charge in [0.1, 0.15) is 5.75 Å². The van der Waals surface area contributed by atoms with E-state index in [1.54, 1.807) is 7.11 Å². The lowest BCUT2D eigenvalue weighted by molar-refractivity contribution is -0.120. The fraction of sp³-hybridized carbons (Fsp3) is 0.385. The predicted octanol–water partition coefficient (Wildman–Crippen LogP) is 0.710. The topological polar surface area (TPSA) is 76.7 Å². The highest BCUT2D eigenvalue weighted by Gasteiger charge is 2.04. The van der Waals surface area contributed by atoms with Gasteiger partial charge >= 0.3 is 6.09 Å². The summed E-state index contributed by atoms with van der Waals surface area (Å²) in [4.78, 5) is 22.1. The smallest absolute Gasteiger partial charge is 0.407 e. The highest BCUT2D eigenvalue weighted by molar-refractivity contribution is 5.81. The lowest BCUT2D eigenvalue weighted by Gasteiger charge is -2.07. The van der Waals surface area contributed by atoms with Gasteiger partial charge in [-0.3, -0.25) is 4.79 Å². The SMILES string of the molecule is COC(=O)NCC(=O)NCCc1ccc(OC)cc1. The Balaban J connectivity index is 2.22. The summed E-state index contributed by atoms with van der Waals surface area (Å²) >= 11 is 0. The zero-order valence-corrected chi connectivity index (χ0v) is 11.1. The Bertz CT molecular complexity index is 417. The van der Waals surface area contributed by atoms with Gasteiger partial charge in [-0.25, -0.2) is 4.79 Å². The van der Waals surface area contributed by atoms with Crippen LogP contribution in [0.1, 0.15) is 5.56 Å². The summed E-state index contributed by atoms with van der Waals surface area (Å²) < 4.78 is 9.41. The van der Waals surface area contributed by atoms with E-state index >= 15 is 0 Å². The van der Waals surface area contributed by atoms with Gasteiger partial charge in [-0.2, -0.15) is 0 Å². The first-order valence-electron chi connectivity index (χ1n) is 5.87. The molecule has 0 saturated heterocycles. The molecule has 6 heteroatoms. The quantitative estimate of drug-likeness (QED) is 0.795. The second kappa shape index (κ2) is 7.97. The van der Waals surface area contributed by atoms with Crippen LogP contribution in [0.2, 0.25) is 0 Å². The van der Waals surface area contributed by atoms with Crippen molar-refractivity contribution in [1.82, 2.24) is 10.6 Å². The van der Waals surface area contributed by atoms with Crippen molar-refractivity contribution >= 4 is 12.0 Å². The lowest BCUT2D eigenvalue weighted by Crippen LogP contribution is -2.37. The van der Waals surface area contributed by atoms with Crippen molar-refractivity contribution in [2.45, 2.75) is 6.42 Å². The van der Waals surface area contributed by atoms with E-state index in [0.29, 0.717) is 13.0 Å². The van der Waals surface area contributed by atoms with E-state index in [1.165, 1.54) is 7.11 Å². The molecule has 1 aromatic rings. The van der Waals surface area contributed by atoms with Gasteiger partial charge in [0.2, 0.25) is 5.91 Å². The number of hydrogen-bond acceptors (Lipinski definition) is 4. The molecule has 6 nitrogen and oxygen atoms in total. The van der Waals surface area contributed by atoms with Gasteiger partial charge in [0, 0.05) is 6.54 Å². The number of nitrogens with one attached hydrogen (secondary N) is 2. The van der Waals surface area contributed by atoms with Crippen molar-refractivity contribution < 1.29 is 19.1 Å². The predicted molar refractivity (Wildman–Crippen MR) is 70.1 cm³/mol. The van der Waals surface area contributed by atoms with E-state index in [4.69, 9.17) is 4.74 Å². The molecule has 2 amide bonds. The lowest BCUT2D eigenvalue weighted by atomic mass is 10.1. The summed E-state index contributed by atoms with van der Waals surface area (Å²) in [5.41, 5.74) is 1.10. The summed E-state index contributed by atoms with van der Waals surface area (Å²) in [5.74, 6) is 0.550. The maximum atomic E-state index is 11.4. The van der Waals surface area contributed by atoms with Crippen LogP contribution in [0.4, 0.5) is 4.79 Å². The van der Waals surface area contributed by atoms with Crippen molar-refractivity contribution in [3.8, 4) is 5.75 Å². The number of methoxy groups -OCH3 is 2. The standard InChI is InChI=1S/C13H18N2O4/c1-18-11-5-3-10(4-6-11)7-8-14-12(16)9-15-13(17)19-2/h3-6H,7-9H2,1-2H3,(H,14,16)(H,15,17). The molecule has 19 heavy (non-hydrogen) atoms. The molecular formula is C13H18N2O4. The Labute approximate surface area is 112 Å². The van der Waals surface area contributed by atoms with E-state index in [0.717, 1.165) is 11.3 Å². The van der Waals surface area contributed by atoms with Gasteiger partial charge in [0.25, 0.3) is 0 Å².